The van der Waals surface area contributed by atoms with Gasteiger partial charge >= 0.3 is 5.97 Å². The number of hydrogen-bond acceptors (Lipinski definition) is 4. The van der Waals surface area contributed by atoms with Gasteiger partial charge in [-0.15, -0.1) is 0 Å². The molecular weight excluding hydrogens is 356 g/mol. The number of rotatable bonds is 10. The molecule has 2 atom stereocenters. The van der Waals surface area contributed by atoms with Gasteiger partial charge in [0.2, 0.25) is 11.8 Å². The Bertz CT molecular complexity index is 653. The summed E-state index contributed by atoms with van der Waals surface area (Å²) in [5.74, 6) is -0.719. The quantitative estimate of drug-likeness (QED) is 0.602. The van der Waals surface area contributed by atoms with Crippen LogP contribution in [0, 0.1) is 11.8 Å². The summed E-state index contributed by atoms with van der Waals surface area (Å²) in [6, 6.07) is 7.34. The molecule has 2 amide bonds. The first-order chi connectivity index (χ1) is 13.1. The average Bonchev–Trinajstić information content (AvgIpc) is 2.64. The van der Waals surface area contributed by atoms with E-state index in [1.165, 1.54) is 12.7 Å². The number of esters is 1. The molecule has 0 aliphatic rings. The second-order valence-electron chi connectivity index (χ2n) is 8.05. The molecule has 28 heavy (non-hydrogen) atoms. The lowest BCUT2D eigenvalue weighted by molar-refractivity contribution is -0.141. The maximum atomic E-state index is 12.7. The maximum absolute atomic E-state index is 12.7. The van der Waals surface area contributed by atoms with Crippen molar-refractivity contribution >= 4 is 17.8 Å². The Kier molecular flexibility index (Phi) is 9.69. The van der Waals surface area contributed by atoms with Crippen molar-refractivity contribution in [3.05, 3.63) is 35.4 Å². The molecule has 0 heterocycles. The van der Waals surface area contributed by atoms with Crippen molar-refractivity contribution in [2.75, 3.05) is 13.7 Å². The van der Waals surface area contributed by atoms with Crippen LogP contribution in [0.25, 0.3) is 0 Å². The normalized spacial score (nSPS) is 13.1. The highest BCUT2D eigenvalue weighted by molar-refractivity contribution is 5.91. The van der Waals surface area contributed by atoms with Crippen molar-refractivity contribution in [3.63, 3.8) is 0 Å². The minimum Gasteiger partial charge on any atom is -0.468 e. The molecule has 0 saturated heterocycles. The fraction of sp³-hybridized carbons (Fsp3) is 0.591. The molecule has 1 aromatic carbocycles. The predicted molar refractivity (Wildman–Crippen MR) is 110 cm³/mol. The lowest BCUT2D eigenvalue weighted by Crippen LogP contribution is -2.49. The van der Waals surface area contributed by atoms with E-state index in [9.17, 15) is 14.4 Å². The summed E-state index contributed by atoms with van der Waals surface area (Å²) >= 11 is 0. The number of carbonyl (C=O) groups is 3. The summed E-state index contributed by atoms with van der Waals surface area (Å²) in [7, 11) is 1.26. The number of methoxy groups -OCH3 is 1. The molecule has 0 aromatic heterocycles. The Morgan fingerprint density at radius 2 is 1.54 bits per heavy atom. The lowest BCUT2D eigenvalue weighted by Gasteiger charge is -2.22. The highest BCUT2D eigenvalue weighted by Gasteiger charge is 2.25. The van der Waals surface area contributed by atoms with Crippen molar-refractivity contribution in [2.24, 2.45) is 11.8 Å². The fourth-order valence-electron chi connectivity index (χ4n) is 2.92. The first-order valence-electron chi connectivity index (χ1n) is 9.87. The molecule has 156 valence electrons. The van der Waals surface area contributed by atoms with Crippen LogP contribution < -0.4 is 10.6 Å². The molecule has 6 heteroatoms. The largest absolute Gasteiger partial charge is 0.468 e. The average molecular weight is 391 g/mol. The van der Waals surface area contributed by atoms with E-state index in [1.807, 2.05) is 45.0 Å². The van der Waals surface area contributed by atoms with Gasteiger partial charge < -0.3 is 15.4 Å². The van der Waals surface area contributed by atoms with Crippen LogP contribution in [0.2, 0.25) is 0 Å². The van der Waals surface area contributed by atoms with Crippen molar-refractivity contribution in [1.82, 2.24) is 10.6 Å². The van der Waals surface area contributed by atoms with E-state index in [0.29, 0.717) is 12.3 Å². The van der Waals surface area contributed by atoms with E-state index < -0.39 is 12.0 Å². The van der Waals surface area contributed by atoms with Crippen molar-refractivity contribution < 1.29 is 19.1 Å². The van der Waals surface area contributed by atoms with Crippen LogP contribution >= 0.6 is 0 Å². The first kappa shape index (κ1) is 23.7. The molecule has 0 aliphatic carbocycles. The summed E-state index contributed by atoms with van der Waals surface area (Å²) in [6.07, 6.45) is 1.48. The van der Waals surface area contributed by atoms with Crippen LogP contribution in [0.4, 0.5) is 0 Å². The molecule has 0 radical (unpaired) electrons. The Balaban J connectivity index is 2.77. The molecule has 6 nitrogen and oxygen atoms in total. The SMILES string of the molecule is COC(=O)CNC(=O)[C@H](CC(C)C)NC(=O)C(C)c1ccc(CC(C)C)cc1. The number of hydrogen-bond donors (Lipinski definition) is 2. The van der Waals surface area contributed by atoms with Crippen molar-refractivity contribution in [3.8, 4) is 0 Å². The molecule has 0 bridgehead atoms. The molecule has 0 spiro atoms. The molecule has 1 aromatic rings. The highest BCUT2D eigenvalue weighted by atomic mass is 16.5. The molecule has 1 rings (SSSR count). The van der Waals surface area contributed by atoms with Crippen LogP contribution in [-0.2, 0) is 25.5 Å². The number of amides is 2. The van der Waals surface area contributed by atoms with Gasteiger partial charge in [0.1, 0.15) is 12.6 Å². The van der Waals surface area contributed by atoms with E-state index in [1.54, 1.807) is 0 Å². The zero-order valence-corrected chi connectivity index (χ0v) is 17.9. The van der Waals surface area contributed by atoms with E-state index in [4.69, 9.17) is 0 Å². The van der Waals surface area contributed by atoms with Crippen LogP contribution in [0.5, 0.6) is 0 Å². The van der Waals surface area contributed by atoms with E-state index in [0.717, 1.165) is 12.0 Å². The van der Waals surface area contributed by atoms with Crippen LogP contribution in [0.3, 0.4) is 0 Å². The minimum absolute atomic E-state index is 0.208. The standard InChI is InChI=1S/C22H34N2O4/c1-14(2)11-17-7-9-18(10-8-17)16(5)21(26)24-19(12-15(3)4)22(27)23-13-20(25)28-6/h7-10,14-16,19H,11-13H2,1-6H3,(H,23,27)(H,24,26)/t16?,19-/m0/s1. The second kappa shape index (κ2) is 11.5. The van der Waals surface area contributed by atoms with E-state index >= 15 is 0 Å². The third-order valence-electron chi connectivity index (χ3n) is 4.49. The lowest BCUT2D eigenvalue weighted by atomic mass is 9.95. The van der Waals surface area contributed by atoms with Crippen LogP contribution in [0.1, 0.15) is 58.1 Å². The van der Waals surface area contributed by atoms with Crippen LogP contribution in [-0.4, -0.2) is 37.5 Å². The summed E-state index contributed by atoms with van der Waals surface area (Å²) in [6.45, 7) is 9.90. The molecular formula is C22H34N2O4. The van der Waals surface area contributed by atoms with Crippen molar-refractivity contribution in [1.29, 1.82) is 0 Å². The van der Waals surface area contributed by atoms with Crippen LogP contribution in [0.15, 0.2) is 24.3 Å². The zero-order chi connectivity index (χ0) is 21.3. The first-order valence-corrected chi connectivity index (χ1v) is 9.87. The predicted octanol–water partition coefficient (Wildman–Crippen LogP) is 2.81. The van der Waals surface area contributed by atoms with Gasteiger partial charge in [0.15, 0.2) is 0 Å². The van der Waals surface area contributed by atoms with Gasteiger partial charge in [0.25, 0.3) is 0 Å². The summed E-state index contributed by atoms with van der Waals surface area (Å²) < 4.78 is 4.53. The monoisotopic (exact) mass is 390 g/mol. The van der Waals surface area contributed by atoms with Gasteiger partial charge in [-0.1, -0.05) is 52.0 Å². The van der Waals surface area contributed by atoms with Gasteiger partial charge in [0.05, 0.1) is 13.0 Å². The number of benzene rings is 1. The third kappa shape index (κ3) is 8.11. The van der Waals surface area contributed by atoms with Gasteiger partial charge in [-0.2, -0.15) is 0 Å². The van der Waals surface area contributed by atoms with Gasteiger partial charge in [-0.3, -0.25) is 14.4 Å². The fourth-order valence-corrected chi connectivity index (χ4v) is 2.92. The van der Waals surface area contributed by atoms with Crippen molar-refractivity contribution in [2.45, 2.75) is 59.4 Å². The topological polar surface area (TPSA) is 84.5 Å². The Labute approximate surface area is 168 Å². The minimum atomic E-state index is -0.695. The molecule has 0 aliphatic heterocycles. The zero-order valence-electron chi connectivity index (χ0n) is 17.9. The van der Waals surface area contributed by atoms with E-state index in [2.05, 4.69) is 29.2 Å². The number of ether oxygens (including phenoxy) is 1. The Morgan fingerprint density at radius 3 is 2.04 bits per heavy atom. The maximum Gasteiger partial charge on any atom is 0.325 e. The van der Waals surface area contributed by atoms with Gasteiger partial charge in [-0.05, 0) is 42.7 Å². The molecule has 1 unspecified atom stereocenters. The molecule has 2 N–H and O–H groups in total. The number of nitrogens with one attached hydrogen (secondary N) is 2. The third-order valence-corrected chi connectivity index (χ3v) is 4.49. The number of carbonyl (C=O) groups excluding carboxylic acids is 3. The van der Waals surface area contributed by atoms with E-state index in [-0.39, 0.29) is 30.2 Å². The second-order valence-corrected chi connectivity index (χ2v) is 8.05. The molecule has 0 fully saturated rings. The summed E-state index contributed by atoms with van der Waals surface area (Å²) in [4.78, 5) is 36.4. The van der Waals surface area contributed by atoms with Gasteiger partial charge in [0, 0.05) is 0 Å². The Hall–Kier alpha value is -2.37. The van der Waals surface area contributed by atoms with Gasteiger partial charge in [-0.25, -0.2) is 0 Å². The highest BCUT2D eigenvalue weighted by Crippen LogP contribution is 2.18. The molecule has 0 saturated carbocycles. The Morgan fingerprint density at radius 1 is 0.929 bits per heavy atom. The summed E-state index contributed by atoms with van der Waals surface area (Å²) in [5.41, 5.74) is 2.15. The smallest absolute Gasteiger partial charge is 0.325 e. The summed E-state index contributed by atoms with van der Waals surface area (Å²) in [5, 5.41) is 5.35.